The third-order valence-electron chi connectivity index (χ3n) is 5.76. The minimum Gasteiger partial charge on any atom is -0.447 e. The molecule has 0 spiro atoms. The summed E-state index contributed by atoms with van der Waals surface area (Å²) in [6.45, 7) is 5.77. The standard InChI is InChI=1S/C23H29NO4/c1-3-16(2)21(25)20(18-12-8-5-9-13-18)22(26)24-19(15-28-23(24)27)14-17-10-6-4-7-11-17/h3-4,6-7,10-12,16,19-21,25H,1,5,8-9,13-15H2,2H3. The van der Waals surface area contributed by atoms with Crippen LogP contribution >= 0.6 is 0 Å². The first-order chi connectivity index (χ1) is 13.5. The third kappa shape index (κ3) is 4.36. The van der Waals surface area contributed by atoms with Crippen LogP contribution in [0.1, 0.15) is 38.2 Å². The predicted octanol–water partition coefficient (Wildman–Crippen LogP) is 3.88. The van der Waals surface area contributed by atoms with Crippen molar-refractivity contribution in [3.8, 4) is 0 Å². The minimum atomic E-state index is -0.917. The number of allylic oxidation sites excluding steroid dienone is 1. The van der Waals surface area contributed by atoms with Crippen LogP contribution in [-0.4, -0.2) is 40.8 Å². The van der Waals surface area contributed by atoms with Crippen molar-refractivity contribution in [1.82, 2.24) is 4.90 Å². The molecular weight excluding hydrogens is 354 g/mol. The molecule has 1 aliphatic heterocycles. The van der Waals surface area contributed by atoms with Crippen molar-refractivity contribution in [3.05, 3.63) is 60.2 Å². The highest BCUT2D eigenvalue weighted by Crippen LogP contribution is 2.33. The Kier molecular flexibility index (Phi) is 6.68. The molecule has 0 bridgehead atoms. The average molecular weight is 383 g/mol. The van der Waals surface area contributed by atoms with E-state index in [4.69, 9.17) is 4.74 Å². The molecule has 28 heavy (non-hydrogen) atoms. The molecule has 4 unspecified atom stereocenters. The summed E-state index contributed by atoms with van der Waals surface area (Å²) in [6.07, 6.45) is 6.44. The van der Waals surface area contributed by atoms with Crippen LogP contribution in [0.25, 0.3) is 0 Å². The highest BCUT2D eigenvalue weighted by molar-refractivity contribution is 5.96. The number of ether oxygens (including phenoxy) is 1. The Morgan fingerprint density at radius 1 is 1.36 bits per heavy atom. The van der Waals surface area contributed by atoms with Crippen LogP contribution in [0.4, 0.5) is 4.79 Å². The Morgan fingerprint density at radius 3 is 2.75 bits per heavy atom. The quantitative estimate of drug-likeness (QED) is 0.726. The number of aliphatic hydroxyl groups is 1. The molecule has 1 aromatic carbocycles. The van der Waals surface area contributed by atoms with Crippen LogP contribution in [0.2, 0.25) is 0 Å². The van der Waals surface area contributed by atoms with E-state index in [0.29, 0.717) is 6.42 Å². The van der Waals surface area contributed by atoms with Crippen molar-refractivity contribution in [2.24, 2.45) is 11.8 Å². The average Bonchev–Trinajstić information content (AvgIpc) is 3.08. The Morgan fingerprint density at radius 2 is 2.11 bits per heavy atom. The van der Waals surface area contributed by atoms with Crippen LogP contribution in [0.5, 0.6) is 0 Å². The summed E-state index contributed by atoms with van der Waals surface area (Å²) in [5.74, 6) is -1.36. The van der Waals surface area contributed by atoms with E-state index in [-0.39, 0.29) is 24.5 Å². The fourth-order valence-corrected chi connectivity index (χ4v) is 4.03. The van der Waals surface area contributed by atoms with Crippen LogP contribution in [-0.2, 0) is 16.0 Å². The molecule has 1 saturated heterocycles. The highest BCUT2D eigenvalue weighted by Gasteiger charge is 2.44. The Balaban J connectivity index is 1.87. The number of cyclic esters (lactones) is 1. The van der Waals surface area contributed by atoms with Crippen molar-refractivity contribution in [1.29, 1.82) is 0 Å². The van der Waals surface area contributed by atoms with Gasteiger partial charge in [-0.05, 0) is 37.7 Å². The topological polar surface area (TPSA) is 66.8 Å². The van der Waals surface area contributed by atoms with Crippen molar-refractivity contribution in [3.63, 3.8) is 0 Å². The lowest BCUT2D eigenvalue weighted by molar-refractivity contribution is -0.136. The molecule has 3 rings (SSSR count). The summed E-state index contributed by atoms with van der Waals surface area (Å²) in [6, 6.07) is 9.39. The number of aliphatic hydroxyl groups excluding tert-OH is 1. The zero-order valence-corrected chi connectivity index (χ0v) is 16.4. The van der Waals surface area contributed by atoms with Crippen LogP contribution in [0, 0.1) is 11.8 Å². The summed E-state index contributed by atoms with van der Waals surface area (Å²) in [4.78, 5) is 27.2. The lowest BCUT2D eigenvalue weighted by Gasteiger charge is -2.32. The number of carbonyl (C=O) groups excluding carboxylic acids is 2. The Hall–Kier alpha value is -2.40. The molecule has 150 valence electrons. The molecule has 0 aromatic heterocycles. The molecule has 2 aliphatic rings. The van der Waals surface area contributed by atoms with Gasteiger partial charge in [-0.15, -0.1) is 6.58 Å². The summed E-state index contributed by atoms with van der Waals surface area (Å²) in [7, 11) is 0. The zero-order chi connectivity index (χ0) is 20.1. The van der Waals surface area contributed by atoms with E-state index >= 15 is 0 Å². The first-order valence-electron chi connectivity index (χ1n) is 10.1. The van der Waals surface area contributed by atoms with Crippen LogP contribution < -0.4 is 0 Å². The van der Waals surface area contributed by atoms with Gasteiger partial charge in [0.15, 0.2) is 0 Å². The van der Waals surface area contributed by atoms with Crippen molar-refractivity contribution >= 4 is 12.0 Å². The first-order valence-corrected chi connectivity index (χ1v) is 10.1. The SMILES string of the molecule is C=CC(C)C(O)C(C(=O)N1C(=O)OCC1Cc1ccccc1)C1=CCCCC1. The van der Waals surface area contributed by atoms with Crippen molar-refractivity contribution < 1.29 is 19.4 Å². The zero-order valence-electron chi connectivity index (χ0n) is 16.4. The number of benzene rings is 1. The number of carbonyl (C=O) groups is 2. The van der Waals surface area contributed by atoms with Crippen molar-refractivity contribution in [2.75, 3.05) is 6.61 Å². The van der Waals surface area contributed by atoms with E-state index in [2.05, 4.69) is 12.7 Å². The van der Waals surface area contributed by atoms with E-state index in [1.54, 1.807) is 6.08 Å². The molecule has 5 heteroatoms. The second-order valence-corrected chi connectivity index (χ2v) is 7.72. The van der Waals surface area contributed by atoms with E-state index in [1.165, 1.54) is 4.90 Å². The summed E-state index contributed by atoms with van der Waals surface area (Å²) >= 11 is 0. The largest absolute Gasteiger partial charge is 0.447 e. The predicted molar refractivity (Wildman–Crippen MR) is 108 cm³/mol. The molecule has 1 aromatic rings. The molecule has 1 aliphatic carbocycles. The number of rotatable bonds is 7. The first kappa shape index (κ1) is 20.3. The van der Waals surface area contributed by atoms with Gasteiger partial charge >= 0.3 is 6.09 Å². The second-order valence-electron chi connectivity index (χ2n) is 7.72. The fourth-order valence-electron chi connectivity index (χ4n) is 4.03. The normalized spacial score (nSPS) is 22.8. The van der Waals surface area contributed by atoms with E-state index < -0.39 is 18.1 Å². The van der Waals surface area contributed by atoms with E-state index in [0.717, 1.165) is 36.8 Å². The maximum absolute atomic E-state index is 13.5. The smallest absolute Gasteiger partial charge is 0.417 e. The molecule has 1 N–H and O–H groups in total. The van der Waals surface area contributed by atoms with Gasteiger partial charge in [-0.3, -0.25) is 4.79 Å². The molecule has 0 saturated carbocycles. The van der Waals surface area contributed by atoms with Crippen LogP contribution in [0.3, 0.4) is 0 Å². The molecular formula is C23H29NO4. The van der Waals surface area contributed by atoms with Crippen LogP contribution in [0.15, 0.2) is 54.6 Å². The Labute approximate surface area is 166 Å². The lowest BCUT2D eigenvalue weighted by Crippen LogP contribution is -2.48. The van der Waals surface area contributed by atoms with Crippen molar-refractivity contribution in [2.45, 2.75) is 51.2 Å². The van der Waals surface area contributed by atoms with E-state index in [9.17, 15) is 14.7 Å². The molecule has 1 heterocycles. The number of imide groups is 1. The van der Waals surface area contributed by atoms with Gasteiger partial charge in [-0.25, -0.2) is 9.69 Å². The van der Waals surface area contributed by atoms with E-state index in [1.807, 2.05) is 37.3 Å². The maximum atomic E-state index is 13.5. The summed E-state index contributed by atoms with van der Waals surface area (Å²) in [5, 5.41) is 10.9. The van der Waals surface area contributed by atoms with Gasteiger partial charge in [0, 0.05) is 5.92 Å². The van der Waals surface area contributed by atoms with Gasteiger partial charge in [0.2, 0.25) is 5.91 Å². The summed E-state index contributed by atoms with van der Waals surface area (Å²) < 4.78 is 5.22. The van der Waals surface area contributed by atoms with Gasteiger partial charge in [-0.1, -0.05) is 55.0 Å². The molecule has 0 radical (unpaired) electrons. The monoisotopic (exact) mass is 383 g/mol. The van der Waals surface area contributed by atoms with Gasteiger partial charge in [-0.2, -0.15) is 0 Å². The molecule has 5 nitrogen and oxygen atoms in total. The van der Waals surface area contributed by atoms with Gasteiger partial charge in [0.05, 0.1) is 18.1 Å². The van der Waals surface area contributed by atoms with Gasteiger partial charge < -0.3 is 9.84 Å². The number of amides is 2. The summed E-state index contributed by atoms with van der Waals surface area (Å²) in [5.41, 5.74) is 1.97. The van der Waals surface area contributed by atoms with Gasteiger partial charge in [0.25, 0.3) is 0 Å². The second kappa shape index (κ2) is 9.20. The fraction of sp³-hybridized carbons (Fsp3) is 0.478. The highest BCUT2D eigenvalue weighted by atomic mass is 16.6. The minimum absolute atomic E-state index is 0.179. The lowest BCUT2D eigenvalue weighted by atomic mass is 9.80. The Bertz CT molecular complexity index is 742. The molecule has 1 fully saturated rings. The maximum Gasteiger partial charge on any atom is 0.417 e. The molecule has 2 amide bonds. The number of hydrogen-bond acceptors (Lipinski definition) is 4. The molecule has 4 atom stereocenters. The third-order valence-corrected chi connectivity index (χ3v) is 5.76. The number of hydrogen-bond donors (Lipinski definition) is 1. The number of nitrogens with zero attached hydrogens (tertiary/aromatic N) is 1. The van der Waals surface area contributed by atoms with Gasteiger partial charge in [0.1, 0.15) is 6.61 Å².